The van der Waals surface area contributed by atoms with E-state index in [4.69, 9.17) is 0 Å². The number of fused-ring (bicyclic) bond motifs is 15. The van der Waals surface area contributed by atoms with E-state index < -0.39 is 13.5 Å². The van der Waals surface area contributed by atoms with Crippen LogP contribution in [-0.2, 0) is 5.41 Å². The second kappa shape index (κ2) is 14.9. The van der Waals surface area contributed by atoms with Gasteiger partial charge in [0.2, 0.25) is 0 Å². The first-order chi connectivity index (χ1) is 34.8. The minimum absolute atomic E-state index is 0.561. The van der Waals surface area contributed by atoms with Gasteiger partial charge in [0.15, 0.2) is 8.07 Å². The van der Waals surface area contributed by atoms with E-state index in [1.54, 1.807) is 0 Å². The van der Waals surface area contributed by atoms with Crippen molar-refractivity contribution in [2.45, 2.75) is 5.41 Å². The largest absolute Gasteiger partial charge is 0.309 e. The van der Waals surface area contributed by atoms with Gasteiger partial charge in [0.1, 0.15) is 0 Å². The van der Waals surface area contributed by atoms with Gasteiger partial charge < -0.3 is 9.13 Å². The Labute approximate surface area is 407 Å². The van der Waals surface area contributed by atoms with Crippen LogP contribution in [0, 0.1) is 0 Å². The zero-order valence-electron chi connectivity index (χ0n) is 38.3. The third kappa shape index (κ3) is 5.11. The van der Waals surface area contributed by atoms with Crippen LogP contribution in [0.5, 0.6) is 0 Å². The molecule has 0 saturated heterocycles. The molecule has 0 unspecified atom stereocenters. The molecule has 1 aliphatic heterocycles. The van der Waals surface area contributed by atoms with E-state index in [1.807, 2.05) is 0 Å². The first-order valence-corrected chi connectivity index (χ1v) is 26.4. The molecule has 2 aliphatic rings. The lowest BCUT2D eigenvalue weighted by molar-refractivity contribution is 0.773. The molecule has 15 rings (SSSR count). The molecule has 3 heteroatoms. The highest BCUT2D eigenvalue weighted by atomic mass is 28.3. The lowest BCUT2D eigenvalue weighted by Crippen LogP contribution is -2.79. The molecule has 0 fully saturated rings. The monoisotopic (exact) mass is 904 g/mol. The van der Waals surface area contributed by atoms with E-state index in [2.05, 4.69) is 276 Å². The number of benzene rings is 11. The maximum atomic E-state index is 2.59. The third-order valence-electron chi connectivity index (χ3n) is 15.9. The van der Waals surface area contributed by atoms with Gasteiger partial charge in [-0.1, -0.05) is 224 Å². The SMILES string of the molecule is c1ccc(-c2cccc3c4ccccc4n(-c4ccc5c(c4)c4ccccc4n5-c4ccc5c(c4)C4(c6ccccc6-c6ccccc64)c4ccccc4[Si]5(c4ccccc4)c4ccccc4)c23)cc1. The summed E-state index contributed by atoms with van der Waals surface area (Å²) in [7, 11) is -2.95. The summed E-state index contributed by atoms with van der Waals surface area (Å²) in [5.74, 6) is 0. The Morgan fingerprint density at radius 3 is 1.44 bits per heavy atom. The number of hydrogen-bond donors (Lipinski definition) is 0. The molecule has 2 aromatic heterocycles. The van der Waals surface area contributed by atoms with Crippen molar-refractivity contribution in [3.8, 4) is 33.6 Å². The van der Waals surface area contributed by atoms with Gasteiger partial charge in [-0.15, -0.1) is 0 Å². The summed E-state index contributed by atoms with van der Waals surface area (Å²) in [6.45, 7) is 0. The first kappa shape index (κ1) is 39.3. The number of rotatable bonds is 5. The topological polar surface area (TPSA) is 9.86 Å². The van der Waals surface area contributed by atoms with Crippen LogP contribution < -0.4 is 20.7 Å². The zero-order valence-corrected chi connectivity index (χ0v) is 39.3. The molecule has 0 amide bonds. The van der Waals surface area contributed by atoms with Crippen molar-refractivity contribution in [2.75, 3.05) is 0 Å². The fourth-order valence-electron chi connectivity index (χ4n) is 13.2. The maximum Gasteiger partial charge on any atom is 0.180 e. The Hall–Kier alpha value is -8.76. The van der Waals surface area contributed by atoms with Crippen molar-refractivity contribution in [2.24, 2.45) is 0 Å². The molecular weight excluding hydrogens is 861 g/mol. The summed E-state index contributed by atoms with van der Waals surface area (Å²) < 4.78 is 5.02. The Balaban J connectivity index is 1.04. The molecule has 326 valence electrons. The summed E-state index contributed by atoms with van der Waals surface area (Å²) >= 11 is 0. The van der Waals surface area contributed by atoms with Crippen LogP contribution in [0.2, 0.25) is 0 Å². The van der Waals surface area contributed by atoms with Gasteiger partial charge in [-0.05, 0) is 102 Å². The van der Waals surface area contributed by atoms with Gasteiger partial charge in [0.25, 0.3) is 0 Å². The van der Waals surface area contributed by atoms with E-state index >= 15 is 0 Å². The second-order valence-corrected chi connectivity index (χ2v) is 22.8. The van der Waals surface area contributed by atoms with E-state index in [0.29, 0.717) is 0 Å². The van der Waals surface area contributed by atoms with E-state index in [1.165, 1.54) is 109 Å². The minimum Gasteiger partial charge on any atom is -0.309 e. The van der Waals surface area contributed by atoms with Crippen LogP contribution in [0.15, 0.2) is 267 Å². The van der Waals surface area contributed by atoms with Gasteiger partial charge in [-0.2, -0.15) is 0 Å². The number of aromatic nitrogens is 2. The highest BCUT2D eigenvalue weighted by Crippen LogP contribution is 2.57. The van der Waals surface area contributed by atoms with Crippen LogP contribution in [0.3, 0.4) is 0 Å². The molecule has 11 aromatic carbocycles. The predicted octanol–water partition coefficient (Wildman–Crippen LogP) is 13.6. The van der Waals surface area contributed by atoms with Crippen LogP contribution in [0.25, 0.3) is 77.2 Å². The molecule has 3 heterocycles. The van der Waals surface area contributed by atoms with Gasteiger partial charge in [-0.3, -0.25) is 0 Å². The first-order valence-electron chi connectivity index (χ1n) is 24.4. The van der Waals surface area contributed by atoms with Gasteiger partial charge >= 0.3 is 0 Å². The molecule has 1 aliphatic carbocycles. The van der Waals surface area contributed by atoms with Crippen molar-refractivity contribution in [3.63, 3.8) is 0 Å². The Kier molecular flexibility index (Phi) is 8.34. The summed E-state index contributed by atoms with van der Waals surface area (Å²) in [5.41, 5.74) is 17.0. The fourth-order valence-corrected chi connectivity index (χ4v) is 18.5. The summed E-state index contributed by atoms with van der Waals surface area (Å²) in [6.07, 6.45) is 0. The highest BCUT2D eigenvalue weighted by molar-refractivity contribution is 7.20. The smallest absolute Gasteiger partial charge is 0.180 e. The summed E-state index contributed by atoms with van der Waals surface area (Å²) in [4.78, 5) is 0. The van der Waals surface area contributed by atoms with Crippen LogP contribution >= 0.6 is 0 Å². The van der Waals surface area contributed by atoms with Crippen LogP contribution in [0.4, 0.5) is 0 Å². The fraction of sp³-hybridized carbons (Fsp3) is 0.0149. The van der Waals surface area contributed by atoms with Crippen molar-refractivity contribution in [3.05, 3.63) is 289 Å². The Morgan fingerprint density at radius 2 is 0.757 bits per heavy atom. The minimum atomic E-state index is -2.95. The average molecular weight is 905 g/mol. The van der Waals surface area contributed by atoms with Crippen molar-refractivity contribution < 1.29 is 0 Å². The molecule has 0 atom stereocenters. The second-order valence-electron chi connectivity index (χ2n) is 19.1. The predicted molar refractivity (Wildman–Crippen MR) is 295 cm³/mol. The molecular formula is C67H44N2Si. The quantitative estimate of drug-likeness (QED) is 0.152. The van der Waals surface area contributed by atoms with Crippen molar-refractivity contribution >= 4 is 72.4 Å². The Morgan fingerprint density at radius 1 is 0.286 bits per heavy atom. The number of hydrogen-bond acceptors (Lipinski definition) is 0. The van der Waals surface area contributed by atoms with Gasteiger partial charge in [-0.25, -0.2) is 0 Å². The number of para-hydroxylation sites is 3. The molecule has 0 radical (unpaired) electrons. The molecule has 2 nitrogen and oxygen atoms in total. The third-order valence-corrected chi connectivity index (χ3v) is 20.8. The standard InChI is InChI=1S/C67H44N2Si/c1-4-21-45(22-5-1)50-31-20-32-55-53-29-12-18-37-62(53)69(66(50)55)46-39-41-63-56(43-46)54-30-13-17-36-61(54)68(63)47-40-42-65-60(44-47)67(57-33-14-10-27-51(57)52-28-11-15-34-58(52)67)59-35-16-19-38-64(59)70(65,48-23-6-2-7-24-48)49-25-8-3-9-26-49/h1-44H. The average Bonchev–Trinajstić information content (AvgIpc) is 4.06. The molecule has 70 heavy (non-hydrogen) atoms. The lowest BCUT2D eigenvalue weighted by atomic mass is 9.67. The molecule has 13 aromatic rings. The summed E-state index contributed by atoms with van der Waals surface area (Å²) in [5, 5.41) is 10.6. The number of nitrogens with zero attached hydrogens (tertiary/aromatic N) is 2. The maximum absolute atomic E-state index is 2.95. The lowest BCUT2D eigenvalue weighted by Gasteiger charge is -2.49. The van der Waals surface area contributed by atoms with Crippen molar-refractivity contribution in [1.29, 1.82) is 0 Å². The van der Waals surface area contributed by atoms with E-state index in [-0.39, 0.29) is 0 Å². The Bertz CT molecular complexity index is 4150. The molecule has 1 spiro atoms. The van der Waals surface area contributed by atoms with E-state index in [9.17, 15) is 0 Å². The summed E-state index contributed by atoms with van der Waals surface area (Å²) in [6, 6.07) is 101. The van der Waals surface area contributed by atoms with Crippen LogP contribution in [0.1, 0.15) is 22.3 Å². The van der Waals surface area contributed by atoms with Crippen molar-refractivity contribution in [1.82, 2.24) is 9.13 Å². The molecule has 0 saturated carbocycles. The normalized spacial score (nSPS) is 13.9. The zero-order chi connectivity index (χ0) is 46.0. The van der Waals surface area contributed by atoms with Crippen LogP contribution in [-0.4, -0.2) is 17.2 Å². The van der Waals surface area contributed by atoms with Gasteiger partial charge in [0, 0.05) is 38.5 Å². The molecule has 0 N–H and O–H groups in total. The van der Waals surface area contributed by atoms with Gasteiger partial charge in [0.05, 0.1) is 27.5 Å². The van der Waals surface area contributed by atoms with E-state index in [0.717, 1.165) is 11.4 Å². The molecule has 0 bridgehead atoms. The highest BCUT2D eigenvalue weighted by Gasteiger charge is 2.57.